The number of rotatable bonds is 6. The van der Waals surface area contributed by atoms with Crippen LogP contribution in [0.4, 0.5) is 26.3 Å². The summed E-state index contributed by atoms with van der Waals surface area (Å²) in [6, 6.07) is 10.3. The molecule has 1 aliphatic heterocycles. The summed E-state index contributed by atoms with van der Waals surface area (Å²) in [7, 11) is 0. The summed E-state index contributed by atoms with van der Waals surface area (Å²) >= 11 is 12.5. The molecule has 2 N–H and O–H groups in total. The number of aliphatic hydroxyl groups excluding tert-OH is 1. The Balaban J connectivity index is 1.82. The maximum Gasteiger partial charge on any atom is 0.573 e. The topological polar surface area (TPSA) is 80.7 Å². The number of fused-ring (bicyclic) bond motifs is 1. The molecule has 14 heteroatoms. The molecule has 2 atom stereocenters. The molecule has 0 bridgehead atoms. The second-order valence-electron chi connectivity index (χ2n) is 9.92. The number of benzene rings is 2. The van der Waals surface area contributed by atoms with Crippen molar-refractivity contribution >= 4 is 29.1 Å². The van der Waals surface area contributed by atoms with Crippen LogP contribution < -0.4 is 14.8 Å². The molecule has 1 unspecified atom stereocenters. The van der Waals surface area contributed by atoms with Gasteiger partial charge in [-0.2, -0.15) is 13.2 Å². The minimum atomic E-state index is -4.98. The molecule has 41 heavy (non-hydrogen) atoms. The predicted molar refractivity (Wildman–Crippen MR) is 139 cm³/mol. The van der Waals surface area contributed by atoms with Crippen LogP contribution in [0.2, 0.25) is 10.0 Å². The van der Waals surface area contributed by atoms with Crippen LogP contribution in [-0.2, 0) is 4.79 Å². The molecule has 1 aromatic heterocycles. The molecule has 220 valence electrons. The Bertz CT molecular complexity index is 1450. The van der Waals surface area contributed by atoms with Gasteiger partial charge in [-0.05, 0) is 55.8 Å². The average Bonchev–Trinajstić information content (AvgIpc) is 2.81. The first-order valence-corrected chi connectivity index (χ1v) is 12.8. The molecule has 0 saturated heterocycles. The lowest BCUT2D eigenvalue weighted by atomic mass is 9.88. The molecule has 4 rings (SSSR count). The van der Waals surface area contributed by atoms with E-state index in [4.69, 9.17) is 27.9 Å². The van der Waals surface area contributed by atoms with Crippen molar-refractivity contribution in [2.24, 2.45) is 0 Å². The predicted octanol–water partition coefficient (Wildman–Crippen LogP) is 7.65. The highest BCUT2D eigenvalue weighted by molar-refractivity contribution is 6.36. The summed E-state index contributed by atoms with van der Waals surface area (Å²) < 4.78 is 86.5. The van der Waals surface area contributed by atoms with Crippen LogP contribution >= 0.6 is 23.2 Å². The first-order chi connectivity index (χ1) is 18.9. The minimum absolute atomic E-state index is 0.0599. The number of halogens is 8. The lowest BCUT2D eigenvalue weighted by Gasteiger charge is -2.37. The van der Waals surface area contributed by atoms with Gasteiger partial charge in [-0.15, -0.1) is 13.2 Å². The number of amides is 1. The van der Waals surface area contributed by atoms with Crippen molar-refractivity contribution in [2.45, 2.75) is 57.0 Å². The van der Waals surface area contributed by atoms with Gasteiger partial charge in [0.1, 0.15) is 11.4 Å². The second-order valence-corrected chi connectivity index (χ2v) is 10.8. The highest BCUT2D eigenvalue weighted by Gasteiger charge is 2.41. The third kappa shape index (κ3) is 7.55. The van der Waals surface area contributed by atoms with Crippen molar-refractivity contribution in [3.8, 4) is 34.0 Å². The number of carbonyl (C=O) groups excluding carboxylic acids is 1. The van der Waals surface area contributed by atoms with E-state index in [2.05, 4.69) is 15.0 Å². The van der Waals surface area contributed by atoms with E-state index in [-0.39, 0.29) is 23.0 Å². The van der Waals surface area contributed by atoms with Crippen molar-refractivity contribution in [1.29, 1.82) is 0 Å². The Morgan fingerprint density at radius 1 is 1.10 bits per heavy atom. The first-order valence-electron chi connectivity index (χ1n) is 12.0. The lowest BCUT2D eigenvalue weighted by Crippen LogP contribution is -2.43. The van der Waals surface area contributed by atoms with Gasteiger partial charge in [0, 0.05) is 28.1 Å². The first kappa shape index (κ1) is 30.7. The Labute approximate surface area is 240 Å². The van der Waals surface area contributed by atoms with E-state index in [1.165, 1.54) is 18.2 Å². The Morgan fingerprint density at radius 2 is 1.76 bits per heavy atom. The number of pyridine rings is 1. The van der Waals surface area contributed by atoms with Crippen molar-refractivity contribution in [3.05, 3.63) is 64.1 Å². The number of carbonyl (C=O) groups is 1. The fraction of sp³-hybridized carbons (Fsp3) is 0.333. The van der Waals surface area contributed by atoms with Crippen LogP contribution in [0.1, 0.15) is 38.3 Å². The normalized spacial score (nSPS) is 17.3. The van der Waals surface area contributed by atoms with Crippen LogP contribution in [0, 0.1) is 0 Å². The number of nitrogens with one attached hydrogen (secondary N) is 1. The van der Waals surface area contributed by atoms with Gasteiger partial charge in [0.25, 0.3) is 0 Å². The monoisotopic (exact) mass is 622 g/mol. The van der Waals surface area contributed by atoms with Crippen LogP contribution in [0.3, 0.4) is 0 Å². The molecule has 0 fully saturated rings. The minimum Gasteiger partial charge on any atom is -0.471 e. The second kappa shape index (κ2) is 11.2. The van der Waals surface area contributed by atoms with E-state index in [0.717, 1.165) is 12.1 Å². The number of ether oxygens (including phenoxy) is 2. The molecular formula is C27H22Cl2F6N2O4. The average molecular weight is 623 g/mol. The number of hydrogen-bond donors (Lipinski definition) is 2. The quantitative estimate of drug-likeness (QED) is 0.276. The molecule has 3 aromatic rings. The molecule has 0 spiro atoms. The van der Waals surface area contributed by atoms with Crippen molar-refractivity contribution in [1.82, 2.24) is 10.3 Å². The smallest absolute Gasteiger partial charge is 0.471 e. The zero-order valence-corrected chi connectivity index (χ0v) is 22.8. The molecule has 1 aliphatic rings. The molecule has 0 saturated carbocycles. The van der Waals surface area contributed by atoms with Crippen molar-refractivity contribution in [2.75, 3.05) is 0 Å². The fourth-order valence-corrected chi connectivity index (χ4v) is 4.86. The Hall–Kier alpha value is -3.22. The molecule has 2 aromatic carbocycles. The van der Waals surface area contributed by atoms with E-state index < -0.39 is 48.4 Å². The lowest BCUT2D eigenvalue weighted by molar-refractivity contribution is -0.274. The van der Waals surface area contributed by atoms with Gasteiger partial charge < -0.3 is 19.9 Å². The number of aromatic nitrogens is 1. The molecule has 6 nitrogen and oxygen atoms in total. The SMILES string of the molecule is CC1(C)C[C@@H](NC(=O)CC(O)C(F)(F)F)c2cc(-c3ccc(OC(F)(F)F)cc3)c(-c3ccc(Cl)cc3Cl)nc2O1. The summed E-state index contributed by atoms with van der Waals surface area (Å²) in [6.45, 7) is 3.40. The van der Waals surface area contributed by atoms with Gasteiger partial charge in [-0.3, -0.25) is 4.79 Å². The van der Waals surface area contributed by atoms with Gasteiger partial charge in [0.05, 0.1) is 23.2 Å². The Kier molecular flexibility index (Phi) is 8.41. The van der Waals surface area contributed by atoms with E-state index in [1.54, 1.807) is 32.0 Å². The third-order valence-corrected chi connectivity index (χ3v) is 6.68. The summed E-state index contributed by atoms with van der Waals surface area (Å²) in [4.78, 5) is 17.1. The van der Waals surface area contributed by atoms with Gasteiger partial charge in [-0.25, -0.2) is 4.98 Å². The van der Waals surface area contributed by atoms with Gasteiger partial charge >= 0.3 is 12.5 Å². The maximum atomic E-state index is 12.8. The highest BCUT2D eigenvalue weighted by Crippen LogP contribution is 2.45. The fourth-order valence-electron chi connectivity index (χ4n) is 4.36. The summed E-state index contributed by atoms with van der Waals surface area (Å²) in [5.74, 6) is -1.45. The summed E-state index contributed by atoms with van der Waals surface area (Å²) in [6.07, 6.45) is -13.8. The number of hydrogen-bond acceptors (Lipinski definition) is 5. The standard InChI is InChI=1S/C27H22Cl2F6N2O4/c1-25(2)12-20(36-22(39)11-21(38)26(30,31)32)18-10-17(13-3-6-15(7-4-13)40-27(33,34)35)23(37-24(18)41-25)16-8-5-14(28)9-19(16)29/h3-10,20-21,38H,11-12H2,1-2H3,(H,36,39)/t20-,21?/m1/s1. The van der Waals surface area contributed by atoms with E-state index in [1.807, 2.05) is 0 Å². The van der Waals surface area contributed by atoms with Crippen LogP contribution in [-0.4, -0.2) is 40.2 Å². The summed E-state index contributed by atoms with van der Waals surface area (Å²) in [5, 5.41) is 12.4. The number of nitrogens with zero attached hydrogens (tertiary/aromatic N) is 1. The highest BCUT2D eigenvalue weighted by atomic mass is 35.5. The number of alkyl halides is 6. The molecule has 2 heterocycles. The molecule has 0 radical (unpaired) electrons. The zero-order chi connectivity index (χ0) is 30.3. The molecule has 0 aliphatic carbocycles. The van der Waals surface area contributed by atoms with Gasteiger partial charge in [0.15, 0.2) is 6.10 Å². The van der Waals surface area contributed by atoms with E-state index >= 15 is 0 Å². The molecular weight excluding hydrogens is 601 g/mol. The van der Waals surface area contributed by atoms with E-state index in [9.17, 15) is 36.2 Å². The Morgan fingerprint density at radius 3 is 2.34 bits per heavy atom. The van der Waals surface area contributed by atoms with Crippen molar-refractivity contribution < 1.29 is 45.7 Å². The van der Waals surface area contributed by atoms with Crippen LogP contribution in [0.15, 0.2) is 48.5 Å². The largest absolute Gasteiger partial charge is 0.573 e. The van der Waals surface area contributed by atoms with E-state index in [0.29, 0.717) is 27.3 Å². The zero-order valence-electron chi connectivity index (χ0n) is 21.3. The van der Waals surface area contributed by atoms with Crippen LogP contribution in [0.25, 0.3) is 22.4 Å². The van der Waals surface area contributed by atoms with Crippen molar-refractivity contribution in [3.63, 3.8) is 0 Å². The van der Waals surface area contributed by atoms with Gasteiger partial charge in [-0.1, -0.05) is 35.3 Å². The van der Waals surface area contributed by atoms with Gasteiger partial charge in [0.2, 0.25) is 11.8 Å². The maximum absolute atomic E-state index is 12.8. The number of aliphatic hydroxyl groups is 1. The molecule has 1 amide bonds. The third-order valence-electron chi connectivity index (χ3n) is 6.14. The summed E-state index contributed by atoms with van der Waals surface area (Å²) in [5.41, 5.74) is 0.816. The van der Waals surface area contributed by atoms with Crippen LogP contribution in [0.5, 0.6) is 11.6 Å².